The maximum absolute atomic E-state index is 13.1. The van der Waals surface area contributed by atoms with E-state index in [-0.39, 0.29) is 17.8 Å². The van der Waals surface area contributed by atoms with Crippen LogP contribution in [0.1, 0.15) is 41.4 Å². The van der Waals surface area contributed by atoms with Crippen LogP contribution in [0.3, 0.4) is 0 Å². The molecule has 2 N–H and O–H groups in total. The van der Waals surface area contributed by atoms with Crippen molar-refractivity contribution in [3.63, 3.8) is 0 Å². The highest BCUT2D eigenvalue weighted by atomic mass is 19.1. The van der Waals surface area contributed by atoms with Crippen LogP contribution < -0.4 is 10.9 Å². The van der Waals surface area contributed by atoms with Crippen LogP contribution in [0.4, 0.5) is 4.39 Å². The van der Waals surface area contributed by atoms with E-state index in [0.29, 0.717) is 17.7 Å². The van der Waals surface area contributed by atoms with Crippen molar-refractivity contribution >= 4 is 5.91 Å². The normalized spacial score (nSPS) is 24.2. The Bertz CT molecular complexity index is 766. The molecule has 26 heavy (non-hydrogen) atoms. The van der Waals surface area contributed by atoms with Crippen LogP contribution in [0.2, 0.25) is 0 Å². The molecule has 2 atom stereocenters. The zero-order valence-electron chi connectivity index (χ0n) is 14.9. The highest BCUT2D eigenvalue weighted by Crippen LogP contribution is 2.31. The van der Waals surface area contributed by atoms with Crippen molar-refractivity contribution in [2.75, 3.05) is 13.1 Å². The summed E-state index contributed by atoms with van der Waals surface area (Å²) in [7, 11) is 1.80. The van der Waals surface area contributed by atoms with Gasteiger partial charge in [0.25, 0.3) is 5.91 Å². The lowest BCUT2D eigenvalue weighted by molar-refractivity contribution is 0.0662. The van der Waals surface area contributed by atoms with E-state index in [1.165, 1.54) is 12.1 Å². The van der Waals surface area contributed by atoms with Crippen molar-refractivity contribution in [3.05, 3.63) is 53.6 Å². The minimum atomic E-state index is -0.207. The van der Waals surface area contributed by atoms with Gasteiger partial charge in [-0.15, -0.1) is 0 Å². The van der Waals surface area contributed by atoms with Crippen molar-refractivity contribution in [2.45, 2.75) is 31.3 Å². The maximum atomic E-state index is 13.1. The number of rotatable bonds is 3. The predicted octanol–water partition coefficient (Wildman–Crippen LogP) is 2.02. The monoisotopic (exact) mass is 357 g/mol. The molecule has 2 aromatic rings. The number of carbonyl (C=O) groups excluding carboxylic acids is 1. The molecule has 1 amide bonds. The van der Waals surface area contributed by atoms with E-state index in [2.05, 4.69) is 16.0 Å². The van der Waals surface area contributed by atoms with E-state index < -0.39 is 0 Å². The molecule has 1 aromatic heterocycles. The number of piperidine rings is 1. The number of likely N-dealkylation sites (tertiary alicyclic amines) is 1. The first-order valence-corrected chi connectivity index (χ1v) is 9.15. The van der Waals surface area contributed by atoms with Crippen molar-refractivity contribution in [2.24, 2.45) is 13.0 Å². The molecule has 0 radical (unpaired) electrons. The number of nitrogens with zero attached hydrogens (tertiary/aromatic N) is 3. The molecule has 1 aromatic carbocycles. The summed E-state index contributed by atoms with van der Waals surface area (Å²) in [5.41, 5.74) is 8.49. The topological polar surface area (TPSA) is 62.2 Å². The summed E-state index contributed by atoms with van der Waals surface area (Å²) in [6.45, 7) is 1.54. The smallest absolute Gasteiger partial charge is 0.272 e. The van der Waals surface area contributed by atoms with E-state index in [0.717, 1.165) is 37.9 Å². The van der Waals surface area contributed by atoms with Crippen LogP contribution in [0, 0.1) is 11.7 Å². The minimum absolute atomic E-state index is 0.0603. The first kappa shape index (κ1) is 17.2. The number of hydrazine groups is 1. The summed E-state index contributed by atoms with van der Waals surface area (Å²) in [6.07, 6.45) is 4.60. The van der Waals surface area contributed by atoms with E-state index in [9.17, 15) is 9.18 Å². The lowest BCUT2D eigenvalue weighted by Crippen LogP contribution is -2.45. The molecule has 2 saturated heterocycles. The number of benzene rings is 1. The highest BCUT2D eigenvalue weighted by Gasteiger charge is 2.34. The second-order valence-electron chi connectivity index (χ2n) is 7.20. The number of hydrogen-bond donors (Lipinski definition) is 2. The quantitative estimate of drug-likeness (QED) is 0.882. The fraction of sp³-hybridized carbons (Fsp3) is 0.474. The number of aryl methyl sites for hydroxylation is 1. The summed E-state index contributed by atoms with van der Waals surface area (Å²) in [6, 6.07) is 9.04. The summed E-state index contributed by atoms with van der Waals surface area (Å²) < 4.78 is 14.7. The molecule has 0 bridgehead atoms. The molecule has 2 unspecified atom stereocenters. The Labute approximate surface area is 152 Å². The van der Waals surface area contributed by atoms with Gasteiger partial charge >= 0.3 is 0 Å². The Morgan fingerprint density at radius 2 is 1.88 bits per heavy atom. The van der Waals surface area contributed by atoms with Crippen LogP contribution in [0.25, 0.3) is 0 Å². The fourth-order valence-electron chi connectivity index (χ4n) is 4.05. The summed E-state index contributed by atoms with van der Waals surface area (Å²) in [4.78, 5) is 14.5. The van der Waals surface area contributed by atoms with Crippen LogP contribution in [-0.4, -0.2) is 39.7 Å². The number of halogens is 1. The summed E-state index contributed by atoms with van der Waals surface area (Å²) >= 11 is 0. The standard InChI is InChI=1S/C19H24FN5O/c1-24-18(6-9-21-24)19(26)25-10-7-14(8-11-25)17-12-16(22-23-17)13-2-4-15(20)5-3-13/h2-6,9,14,16-17,22-23H,7-8,10-12H2,1H3. The first-order valence-electron chi connectivity index (χ1n) is 9.15. The molecule has 4 rings (SSSR count). The number of aromatic nitrogens is 2. The third-order valence-electron chi connectivity index (χ3n) is 5.64. The van der Waals surface area contributed by atoms with Gasteiger partial charge in [0.15, 0.2) is 0 Å². The largest absolute Gasteiger partial charge is 0.337 e. The molecule has 6 nitrogen and oxygen atoms in total. The van der Waals surface area contributed by atoms with Gasteiger partial charge in [0, 0.05) is 38.4 Å². The van der Waals surface area contributed by atoms with Gasteiger partial charge in [-0.3, -0.25) is 20.3 Å². The lowest BCUT2D eigenvalue weighted by Gasteiger charge is -2.34. The Morgan fingerprint density at radius 3 is 2.54 bits per heavy atom. The Morgan fingerprint density at radius 1 is 1.15 bits per heavy atom. The van der Waals surface area contributed by atoms with Gasteiger partial charge in [-0.2, -0.15) is 5.10 Å². The zero-order chi connectivity index (χ0) is 18.1. The van der Waals surface area contributed by atoms with Crippen LogP contribution >= 0.6 is 0 Å². The van der Waals surface area contributed by atoms with E-state index in [1.807, 2.05) is 17.0 Å². The zero-order valence-corrected chi connectivity index (χ0v) is 14.9. The molecule has 0 saturated carbocycles. The van der Waals surface area contributed by atoms with Gasteiger partial charge in [0.2, 0.25) is 0 Å². The Kier molecular flexibility index (Phi) is 4.74. The molecule has 7 heteroatoms. The molecule has 0 aliphatic carbocycles. The summed E-state index contributed by atoms with van der Waals surface area (Å²) in [5, 5.41) is 4.08. The molecule has 3 heterocycles. The number of carbonyl (C=O) groups is 1. The van der Waals surface area contributed by atoms with Gasteiger partial charge in [0.05, 0.1) is 0 Å². The third kappa shape index (κ3) is 3.37. The number of hydrogen-bond acceptors (Lipinski definition) is 4. The van der Waals surface area contributed by atoms with Crippen molar-refractivity contribution in [3.8, 4) is 0 Å². The average Bonchev–Trinajstić information content (AvgIpc) is 3.31. The van der Waals surface area contributed by atoms with E-state index in [1.54, 1.807) is 24.0 Å². The number of amides is 1. The molecular formula is C19H24FN5O. The Hall–Kier alpha value is -2.25. The molecular weight excluding hydrogens is 333 g/mol. The van der Waals surface area contributed by atoms with E-state index >= 15 is 0 Å². The van der Waals surface area contributed by atoms with Gasteiger partial charge < -0.3 is 4.90 Å². The second-order valence-corrected chi connectivity index (χ2v) is 7.20. The molecule has 138 valence electrons. The van der Waals surface area contributed by atoms with Crippen LogP contribution in [-0.2, 0) is 7.05 Å². The average molecular weight is 357 g/mol. The fourth-order valence-corrected chi connectivity index (χ4v) is 4.05. The van der Waals surface area contributed by atoms with Crippen molar-refractivity contribution in [1.82, 2.24) is 25.5 Å². The summed E-state index contributed by atoms with van der Waals surface area (Å²) in [5.74, 6) is 0.385. The first-order chi connectivity index (χ1) is 12.6. The highest BCUT2D eigenvalue weighted by molar-refractivity contribution is 5.92. The second kappa shape index (κ2) is 7.17. The van der Waals surface area contributed by atoms with Gasteiger partial charge in [0.1, 0.15) is 11.5 Å². The Balaban J connectivity index is 1.32. The molecule has 2 aliphatic heterocycles. The lowest BCUT2D eigenvalue weighted by atomic mass is 9.86. The molecule has 0 spiro atoms. The van der Waals surface area contributed by atoms with Gasteiger partial charge in [-0.1, -0.05) is 12.1 Å². The van der Waals surface area contributed by atoms with Crippen molar-refractivity contribution < 1.29 is 9.18 Å². The molecule has 2 aliphatic rings. The van der Waals surface area contributed by atoms with Crippen molar-refractivity contribution in [1.29, 1.82) is 0 Å². The van der Waals surface area contributed by atoms with Gasteiger partial charge in [-0.25, -0.2) is 4.39 Å². The van der Waals surface area contributed by atoms with Crippen LogP contribution in [0.15, 0.2) is 36.5 Å². The minimum Gasteiger partial charge on any atom is -0.337 e. The van der Waals surface area contributed by atoms with Crippen LogP contribution in [0.5, 0.6) is 0 Å². The SMILES string of the molecule is Cn1nccc1C(=O)N1CCC(C2CC(c3ccc(F)cc3)NN2)CC1. The third-order valence-corrected chi connectivity index (χ3v) is 5.64. The maximum Gasteiger partial charge on any atom is 0.272 e. The molecule has 2 fully saturated rings. The number of nitrogens with one attached hydrogen (secondary N) is 2. The van der Waals surface area contributed by atoms with Gasteiger partial charge in [-0.05, 0) is 48.9 Å². The predicted molar refractivity (Wildman–Crippen MR) is 95.7 cm³/mol. The van der Waals surface area contributed by atoms with E-state index in [4.69, 9.17) is 0 Å².